The second-order valence-electron chi connectivity index (χ2n) is 6.08. The minimum absolute atomic E-state index is 0.111. The van der Waals surface area contributed by atoms with Crippen molar-refractivity contribution in [2.24, 2.45) is 0 Å². The van der Waals surface area contributed by atoms with Crippen molar-refractivity contribution >= 4 is 11.7 Å². The van der Waals surface area contributed by atoms with Gasteiger partial charge in [-0.05, 0) is 31.5 Å². The number of carbonyl (C=O) groups excluding carboxylic acids is 1. The van der Waals surface area contributed by atoms with E-state index in [0.717, 1.165) is 5.56 Å². The molecule has 140 valence electrons. The summed E-state index contributed by atoms with van der Waals surface area (Å²) in [6.07, 6.45) is 1.66. The van der Waals surface area contributed by atoms with Crippen LogP contribution in [0.1, 0.15) is 18.1 Å². The molecule has 0 atom stereocenters. The Morgan fingerprint density at radius 2 is 1.85 bits per heavy atom. The highest BCUT2D eigenvalue weighted by Gasteiger charge is 2.10. The zero-order chi connectivity index (χ0) is 19.1. The van der Waals surface area contributed by atoms with Gasteiger partial charge in [-0.15, -0.1) is 0 Å². The van der Waals surface area contributed by atoms with Crippen LogP contribution < -0.4 is 14.8 Å². The summed E-state index contributed by atoms with van der Waals surface area (Å²) in [5.74, 6) is 1.54. The maximum atomic E-state index is 12.3. The molecule has 0 saturated carbocycles. The molecule has 0 saturated heterocycles. The van der Waals surface area contributed by atoms with Gasteiger partial charge in [0.05, 0.1) is 19.3 Å². The van der Waals surface area contributed by atoms with Crippen molar-refractivity contribution in [3.8, 4) is 11.5 Å². The third-order valence-corrected chi connectivity index (χ3v) is 3.91. The van der Waals surface area contributed by atoms with E-state index in [0.29, 0.717) is 30.5 Å². The zero-order valence-electron chi connectivity index (χ0n) is 15.5. The second kappa shape index (κ2) is 8.89. The standard InChI is InChI=1S/C21H23N3O3/c1-3-26-18-9-4-5-10-19(18)27-15-21(25)23-20-11-12-22-24(20)14-17-8-6-7-16(2)13-17/h4-13H,3,14-15H2,1-2H3,(H,23,25). The Bertz CT molecular complexity index is 905. The van der Waals surface area contributed by atoms with Gasteiger partial charge in [0, 0.05) is 6.07 Å². The lowest BCUT2D eigenvalue weighted by Crippen LogP contribution is -2.22. The summed E-state index contributed by atoms with van der Waals surface area (Å²) < 4.78 is 12.9. The highest BCUT2D eigenvalue weighted by molar-refractivity contribution is 5.91. The van der Waals surface area contributed by atoms with Crippen LogP contribution in [-0.4, -0.2) is 28.9 Å². The largest absolute Gasteiger partial charge is 0.490 e. The molecule has 3 rings (SSSR count). The van der Waals surface area contributed by atoms with Crippen molar-refractivity contribution in [3.05, 3.63) is 71.9 Å². The summed E-state index contributed by atoms with van der Waals surface area (Å²) in [5, 5.41) is 7.13. The lowest BCUT2D eigenvalue weighted by molar-refractivity contribution is -0.118. The molecule has 6 heteroatoms. The highest BCUT2D eigenvalue weighted by atomic mass is 16.5. The fourth-order valence-electron chi connectivity index (χ4n) is 2.71. The molecule has 0 fully saturated rings. The molecule has 0 spiro atoms. The number of carbonyl (C=O) groups is 1. The van der Waals surface area contributed by atoms with Crippen molar-refractivity contribution in [1.82, 2.24) is 9.78 Å². The molecular formula is C21H23N3O3. The number of benzene rings is 2. The Morgan fingerprint density at radius 3 is 2.59 bits per heavy atom. The number of aryl methyl sites for hydroxylation is 1. The fourth-order valence-corrected chi connectivity index (χ4v) is 2.71. The number of nitrogens with one attached hydrogen (secondary N) is 1. The Balaban J connectivity index is 1.60. The second-order valence-corrected chi connectivity index (χ2v) is 6.08. The lowest BCUT2D eigenvalue weighted by atomic mass is 10.1. The van der Waals surface area contributed by atoms with Gasteiger partial charge in [0.15, 0.2) is 18.1 Å². The van der Waals surface area contributed by atoms with Crippen LogP contribution >= 0.6 is 0 Å². The molecule has 1 heterocycles. The molecule has 0 bridgehead atoms. The maximum Gasteiger partial charge on any atom is 0.263 e. The van der Waals surface area contributed by atoms with Gasteiger partial charge in [0.1, 0.15) is 5.82 Å². The van der Waals surface area contributed by atoms with Crippen LogP contribution in [0, 0.1) is 6.92 Å². The topological polar surface area (TPSA) is 65.4 Å². The Morgan fingerprint density at radius 1 is 1.07 bits per heavy atom. The van der Waals surface area contributed by atoms with Crippen LogP contribution in [0.25, 0.3) is 0 Å². The fraction of sp³-hybridized carbons (Fsp3) is 0.238. The molecule has 1 amide bonds. The molecule has 6 nitrogen and oxygen atoms in total. The Kier molecular flexibility index (Phi) is 6.10. The molecule has 2 aromatic carbocycles. The number of ether oxygens (including phenoxy) is 2. The normalized spacial score (nSPS) is 10.4. The first kappa shape index (κ1) is 18.5. The molecule has 0 aliphatic heterocycles. The average Bonchev–Trinajstić information content (AvgIpc) is 3.08. The number of amides is 1. The van der Waals surface area contributed by atoms with E-state index in [1.165, 1.54) is 5.56 Å². The predicted molar refractivity (Wildman–Crippen MR) is 104 cm³/mol. The summed E-state index contributed by atoms with van der Waals surface area (Å²) in [5.41, 5.74) is 2.31. The van der Waals surface area contributed by atoms with Crippen LogP contribution in [0.5, 0.6) is 11.5 Å². The van der Waals surface area contributed by atoms with E-state index in [1.807, 2.05) is 50.2 Å². The zero-order valence-corrected chi connectivity index (χ0v) is 15.5. The van der Waals surface area contributed by atoms with Gasteiger partial charge < -0.3 is 14.8 Å². The lowest BCUT2D eigenvalue weighted by Gasteiger charge is -2.12. The highest BCUT2D eigenvalue weighted by Crippen LogP contribution is 2.26. The quantitative estimate of drug-likeness (QED) is 0.662. The Hall–Kier alpha value is -3.28. The van der Waals surface area contributed by atoms with Crippen LogP contribution in [-0.2, 0) is 11.3 Å². The number of para-hydroxylation sites is 2. The van der Waals surface area contributed by atoms with E-state index in [1.54, 1.807) is 23.0 Å². The average molecular weight is 365 g/mol. The van der Waals surface area contributed by atoms with Gasteiger partial charge in [0.25, 0.3) is 5.91 Å². The number of nitrogens with zero attached hydrogens (tertiary/aromatic N) is 2. The SMILES string of the molecule is CCOc1ccccc1OCC(=O)Nc1ccnn1Cc1cccc(C)c1. The summed E-state index contributed by atoms with van der Waals surface area (Å²) in [6, 6.07) is 17.3. The van der Waals surface area contributed by atoms with Crippen LogP contribution in [0.2, 0.25) is 0 Å². The summed E-state index contributed by atoms with van der Waals surface area (Å²) in [7, 11) is 0. The number of aromatic nitrogens is 2. The van der Waals surface area contributed by atoms with E-state index < -0.39 is 0 Å². The van der Waals surface area contributed by atoms with Crippen molar-refractivity contribution < 1.29 is 14.3 Å². The van der Waals surface area contributed by atoms with Gasteiger partial charge >= 0.3 is 0 Å². The smallest absolute Gasteiger partial charge is 0.263 e. The van der Waals surface area contributed by atoms with Gasteiger partial charge in [-0.3, -0.25) is 4.79 Å². The summed E-state index contributed by atoms with van der Waals surface area (Å²) >= 11 is 0. The predicted octanol–water partition coefficient (Wildman–Crippen LogP) is 3.66. The molecule has 1 N–H and O–H groups in total. The van der Waals surface area contributed by atoms with E-state index >= 15 is 0 Å². The van der Waals surface area contributed by atoms with Crippen LogP contribution in [0.3, 0.4) is 0 Å². The number of hydrogen-bond acceptors (Lipinski definition) is 4. The first-order valence-electron chi connectivity index (χ1n) is 8.87. The minimum atomic E-state index is -0.257. The number of anilines is 1. The minimum Gasteiger partial charge on any atom is -0.490 e. The summed E-state index contributed by atoms with van der Waals surface area (Å²) in [6.45, 7) is 4.95. The number of hydrogen-bond donors (Lipinski definition) is 1. The van der Waals surface area contributed by atoms with Crippen molar-refractivity contribution in [1.29, 1.82) is 0 Å². The van der Waals surface area contributed by atoms with Crippen molar-refractivity contribution in [3.63, 3.8) is 0 Å². The molecule has 0 aliphatic rings. The van der Waals surface area contributed by atoms with Gasteiger partial charge in [-0.25, -0.2) is 4.68 Å². The molecule has 0 aliphatic carbocycles. The monoisotopic (exact) mass is 365 g/mol. The molecule has 0 radical (unpaired) electrons. The first-order chi connectivity index (χ1) is 13.2. The van der Waals surface area contributed by atoms with E-state index in [2.05, 4.69) is 16.5 Å². The van der Waals surface area contributed by atoms with Crippen LogP contribution in [0.15, 0.2) is 60.8 Å². The van der Waals surface area contributed by atoms with Gasteiger partial charge in [-0.2, -0.15) is 5.10 Å². The first-order valence-corrected chi connectivity index (χ1v) is 8.87. The molecule has 1 aromatic heterocycles. The third-order valence-electron chi connectivity index (χ3n) is 3.91. The van der Waals surface area contributed by atoms with Gasteiger partial charge in [0.2, 0.25) is 0 Å². The van der Waals surface area contributed by atoms with Crippen molar-refractivity contribution in [2.45, 2.75) is 20.4 Å². The summed E-state index contributed by atoms with van der Waals surface area (Å²) in [4.78, 5) is 12.3. The van der Waals surface area contributed by atoms with Gasteiger partial charge in [-0.1, -0.05) is 42.0 Å². The Labute approximate surface area is 158 Å². The van der Waals surface area contributed by atoms with Crippen molar-refractivity contribution in [2.75, 3.05) is 18.5 Å². The molecular weight excluding hydrogens is 342 g/mol. The maximum absolute atomic E-state index is 12.3. The molecule has 3 aromatic rings. The van der Waals surface area contributed by atoms with E-state index in [-0.39, 0.29) is 12.5 Å². The third kappa shape index (κ3) is 5.10. The number of rotatable bonds is 8. The van der Waals surface area contributed by atoms with E-state index in [4.69, 9.17) is 9.47 Å². The van der Waals surface area contributed by atoms with E-state index in [9.17, 15) is 4.79 Å². The molecule has 27 heavy (non-hydrogen) atoms. The molecule has 0 unspecified atom stereocenters. The van der Waals surface area contributed by atoms with Crippen LogP contribution in [0.4, 0.5) is 5.82 Å².